The third kappa shape index (κ3) is 5.48. The zero-order valence-electron chi connectivity index (χ0n) is 22.8. The van der Waals surface area contributed by atoms with Crippen LogP contribution in [0, 0.1) is 37.4 Å². The summed E-state index contributed by atoms with van der Waals surface area (Å²) >= 11 is 1.32. The number of carbonyl (C=O) groups excluding carboxylic acids is 2. The van der Waals surface area contributed by atoms with E-state index in [1.807, 2.05) is 0 Å². The molecule has 2 heterocycles. The van der Waals surface area contributed by atoms with Crippen LogP contribution in [0.3, 0.4) is 0 Å². The van der Waals surface area contributed by atoms with Crippen LogP contribution in [0.5, 0.6) is 5.75 Å². The predicted octanol–water partition coefficient (Wildman–Crippen LogP) is 6.09. The van der Waals surface area contributed by atoms with Crippen LogP contribution in [0.2, 0.25) is 0 Å². The molecule has 2 aliphatic carbocycles. The Hall–Kier alpha value is -3.14. The standard InChI is InChI=1S/C29H35FN4O4S/c1-5-37-28(36)26-16(2)27(31-17(26)3)23(35)15-39-29-33-32-25(14-38-24-9-7-6-8-22(24)30)34(29)18(4)21-13-19-10-11-20(21)12-19/h6-9,18-21,31H,5,10-15H2,1-4H3/t18-,19-,20-,21-/m1/s1. The first-order valence-corrected chi connectivity index (χ1v) is 14.6. The summed E-state index contributed by atoms with van der Waals surface area (Å²) in [5.74, 6) is 1.86. The number of ketones is 1. The first kappa shape index (κ1) is 27.4. The molecule has 1 N–H and O–H groups in total. The van der Waals surface area contributed by atoms with E-state index in [1.54, 1.807) is 39.0 Å². The highest BCUT2D eigenvalue weighted by Crippen LogP contribution is 2.52. The SMILES string of the molecule is CCOC(=O)c1c(C)[nH]c(C(=O)CSc2nnc(COc3ccccc3F)n2[C@H](C)[C@H]2C[C@@H]3CC[C@@H]2C3)c1C. The minimum atomic E-state index is -0.436. The molecule has 8 nitrogen and oxygen atoms in total. The number of fused-ring (bicyclic) bond motifs is 2. The quantitative estimate of drug-likeness (QED) is 0.174. The summed E-state index contributed by atoms with van der Waals surface area (Å²) in [6.45, 7) is 7.80. The summed E-state index contributed by atoms with van der Waals surface area (Å²) in [7, 11) is 0. The minimum absolute atomic E-state index is 0.0748. The van der Waals surface area contributed by atoms with E-state index >= 15 is 0 Å². The van der Waals surface area contributed by atoms with Crippen molar-refractivity contribution in [2.45, 2.75) is 71.2 Å². The highest BCUT2D eigenvalue weighted by atomic mass is 32.2. The summed E-state index contributed by atoms with van der Waals surface area (Å²) < 4.78 is 27.2. The molecule has 0 aliphatic heterocycles. The number of ether oxygens (including phenoxy) is 2. The van der Waals surface area contributed by atoms with Crippen molar-refractivity contribution in [3.8, 4) is 5.75 Å². The van der Waals surface area contributed by atoms with Gasteiger partial charge in [0, 0.05) is 11.7 Å². The van der Waals surface area contributed by atoms with Crippen LogP contribution in [-0.2, 0) is 11.3 Å². The molecule has 0 radical (unpaired) electrons. The Balaban J connectivity index is 1.36. The van der Waals surface area contributed by atoms with Gasteiger partial charge < -0.3 is 14.5 Å². The second kappa shape index (κ2) is 11.5. The van der Waals surface area contributed by atoms with Gasteiger partial charge in [0.1, 0.15) is 6.61 Å². The maximum atomic E-state index is 14.2. The number of esters is 1. The second-order valence-electron chi connectivity index (χ2n) is 10.6. The molecule has 5 rings (SSSR count). The number of aryl methyl sites for hydroxylation is 1. The Morgan fingerprint density at radius 3 is 2.69 bits per heavy atom. The Labute approximate surface area is 232 Å². The Morgan fingerprint density at radius 2 is 2.00 bits per heavy atom. The molecule has 2 bridgehead atoms. The monoisotopic (exact) mass is 554 g/mol. The van der Waals surface area contributed by atoms with Crippen LogP contribution < -0.4 is 4.74 Å². The summed E-state index contributed by atoms with van der Waals surface area (Å²) in [4.78, 5) is 28.7. The summed E-state index contributed by atoms with van der Waals surface area (Å²) in [5, 5.41) is 9.48. The molecule has 0 unspecified atom stereocenters. The first-order valence-electron chi connectivity index (χ1n) is 13.6. The number of thioether (sulfide) groups is 1. The van der Waals surface area contributed by atoms with Crippen molar-refractivity contribution >= 4 is 23.5 Å². The van der Waals surface area contributed by atoms with Gasteiger partial charge in [-0.1, -0.05) is 30.3 Å². The third-order valence-electron chi connectivity index (χ3n) is 8.28. The lowest BCUT2D eigenvalue weighted by molar-refractivity contribution is 0.0525. The number of aromatic nitrogens is 4. The van der Waals surface area contributed by atoms with Crippen molar-refractivity contribution in [2.75, 3.05) is 12.4 Å². The van der Waals surface area contributed by atoms with Gasteiger partial charge in [0.15, 0.2) is 28.3 Å². The fourth-order valence-electron chi connectivity index (χ4n) is 6.43. The fraction of sp³-hybridized carbons (Fsp3) is 0.517. The van der Waals surface area contributed by atoms with Gasteiger partial charge in [0.05, 0.1) is 23.6 Å². The van der Waals surface area contributed by atoms with E-state index in [0.29, 0.717) is 45.3 Å². The average molecular weight is 555 g/mol. The number of H-pyrrole nitrogens is 1. The smallest absolute Gasteiger partial charge is 0.340 e. The van der Waals surface area contributed by atoms with Gasteiger partial charge in [-0.25, -0.2) is 9.18 Å². The van der Waals surface area contributed by atoms with Crippen LogP contribution >= 0.6 is 11.8 Å². The van der Waals surface area contributed by atoms with Crippen molar-refractivity contribution in [1.82, 2.24) is 19.7 Å². The van der Waals surface area contributed by atoms with E-state index in [9.17, 15) is 14.0 Å². The van der Waals surface area contributed by atoms with Crippen molar-refractivity contribution in [3.05, 3.63) is 58.4 Å². The van der Waals surface area contributed by atoms with Crippen molar-refractivity contribution in [2.24, 2.45) is 17.8 Å². The number of rotatable bonds is 11. The fourth-order valence-corrected chi connectivity index (χ4v) is 7.35. The molecule has 0 amide bonds. The van der Waals surface area contributed by atoms with Gasteiger partial charge in [-0.15, -0.1) is 10.2 Å². The molecular weight excluding hydrogens is 519 g/mol. The molecular formula is C29H35FN4O4S. The van der Waals surface area contributed by atoms with E-state index in [0.717, 1.165) is 5.92 Å². The van der Waals surface area contributed by atoms with Gasteiger partial charge in [0.25, 0.3) is 0 Å². The summed E-state index contributed by atoms with van der Waals surface area (Å²) in [6.07, 6.45) is 5.00. The molecule has 1 aromatic carbocycles. The molecule has 4 atom stereocenters. The van der Waals surface area contributed by atoms with E-state index < -0.39 is 11.8 Å². The predicted molar refractivity (Wildman–Crippen MR) is 146 cm³/mol. The van der Waals surface area contributed by atoms with Gasteiger partial charge >= 0.3 is 5.97 Å². The summed E-state index contributed by atoms with van der Waals surface area (Å²) in [5.41, 5.74) is 2.01. The number of nitrogens with one attached hydrogen (secondary N) is 1. The highest BCUT2D eigenvalue weighted by molar-refractivity contribution is 7.99. The highest BCUT2D eigenvalue weighted by Gasteiger charge is 2.43. The van der Waals surface area contributed by atoms with Gasteiger partial charge in [0.2, 0.25) is 0 Å². The van der Waals surface area contributed by atoms with Crippen LogP contribution in [0.25, 0.3) is 0 Å². The lowest BCUT2D eigenvalue weighted by Gasteiger charge is -2.30. The number of halogens is 1. The van der Waals surface area contributed by atoms with E-state index in [-0.39, 0.29) is 36.5 Å². The topological polar surface area (TPSA) is 99.1 Å². The molecule has 39 heavy (non-hydrogen) atoms. The van der Waals surface area contributed by atoms with Gasteiger partial charge in [-0.2, -0.15) is 0 Å². The Bertz CT molecular complexity index is 1370. The number of para-hydroxylation sites is 1. The van der Waals surface area contributed by atoms with E-state index in [2.05, 4.69) is 26.7 Å². The van der Waals surface area contributed by atoms with Crippen molar-refractivity contribution in [1.29, 1.82) is 0 Å². The Kier molecular flexibility index (Phi) is 8.11. The Morgan fingerprint density at radius 1 is 1.21 bits per heavy atom. The van der Waals surface area contributed by atoms with Gasteiger partial charge in [-0.3, -0.25) is 9.36 Å². The molecule has 0 spiro atoms. The number of aromatic amines is 1. The molecule has 3 aromatic rings. The number of benzene rings is 1. The molecule has 2 saturated carbocycles. The lowest BCUT2D eigenvalue weighted by Crippen LogP contribution is -2.24. The van der Waals surface area contributed by atoms with Crippen LogP contribution in [-0.4, -0.2) is 43.9 Å². The van der Waals surface area contributed by atoms with Crippen LogP contribution in [0.1, 0.15) is 83.5 Å². The number of hydrogen-bond acceptors (Lipinski definition) is 7. The van der Waals surface area contributed by atoms with E-state index in [1.165, 1.54) is 43.5 Å². The maximum absolute atomic E-state index is 14.2. The largest absolute Gasteiger partial charge is 0.483 e. The molecule has 208 valence electrons. The van der Waals surface area contributed by atoms with Crippen LogP contribution in [0.15, 0.2) is 29.4 Å². The van der Waals surface area contributed by atoms with Crippen LogP contribution in [0.4, 0.5) is 4.39 Å². The van der Waals surface area contributed by atoms with Crippen molar-refractivity contribution < 1.29 is 23.5 Å². The number of Topliss-reactive ketones (excluding diaryl/α,β-unsaturated/α-hetero) is 1. The second-order valence-corrected chi connectivity index (χ2v) is 11.6. The molecule has 0 saturated heterocycles. The summed E-state index contributed by atoms with van der Waals surface area (Å²) in [6, 6.07) is 6.43. The number of carbonyl (C=O) groups is 2. The minimum Gasteiger partial charge on any atom is -0.483 e. The zero-order valence-corrected chi connectivity index (χ0v) is 23.6. The van der Waals surface area contributed by atoms with Gasteiger partial charge in [-0.05, 0) is 82.4 Å². The molecule has 2 aliphatic rings. The molecule has 2 fully saturated rings. The van der Waals surface area contributed by atoms with E-state index in [4.69, 9.17) is 9.47 Å². The third-order valence-corrected chi connectivity index (χ3v) is 9.22. The zero-order chi connectivity index (χ0) is 27.7. The maximum Gasteiger partial charge on any atom is 0.340 e. The first-order chi connectivity index (χ1) is 18.8. The average Bonchev–Trinajstić information content (AvgIpc) is 3.70. The number of hydrogen-bond donors (Lipinski definition) is 1. The molecule has 10 heteroatoms. The van der Waals surface area contributed by atoms with Crippen molar-refractivity contribution in [3.63, 3.8) is 0 Å². The normalized spacial score (nSPS) is 20.8. The number of nitrogens with zero attached hydrogens (tertiary/aromatic N) is 3. The lowest BCUT2D eigenvalue weighted by atomic mass is 9.84. The molecule has 2 aromatic heterocycles.